The Bertz CT molecular complexity index is 473. The Morgan fingerprint density at radius 1 is 0.714 bits per heavy atom. The van der Waals surface area contributed by atoms with E-state index in [1.54, 1.807) is 12.4 Å². The van der Waals surface area contributed by atoms with Crippen LogP contribution in [0.4, 0.5) is 0 Å². The van der Waals surface area contributed by atoms with Gasteiger partial charge in [-0.1, -0.05) is 31.9 Å². The van der Waals surface area contributed by atoms with Gasteiger partial charge >= 0.3 is 49.6 Å². The van der Waals surface area contributed by atoms with Crippen LogP contribution in [-0.2, 0) is 9.20 Å². The van der Waals surface area contributed by atoms with Gasteiger partial charge in [-0.05, 0) is 56.1 Å². The molecule has 125 valence electrons. The summed E-state index contributed by atoms with van der Waals surface area (Å²) in [4.78, 5) is 7.85. The zero-order valence-electron chi connectivity index (χ0n) is 9.68. The summed E-state index contributed by atoms with van der Waals surface area (Å²) in [7, 11) is 17.4. The zero-order chi connectivity index (χ0) is 16.5. The van der Waals surface area contributed by atoms with Crippen molar-refractivity contribution in [2.24, 2.45) is 0 Å². The summed E-state index contributed by atoms with van der Waals surface area (Å²) in [5, 5.41) is 0. The van der Waals surface area contributed by atoms with Crippen molar-refractivity contribution >= 4 is 104 Å². The molecular weight excluding hydrogens is 673 g/mol. The average Bonchev–Trinajstić information content (AvgIpc) is 2.26. The molecule has 0 aliphatic carbocycles. The number of halogens is 8. The Morgan fingerprint density at radius 3 is 1.14 bits per heavy atom. The van der Waals surface area contributed by atoms with Gasteiger partial charge in [0, 0.05) is 21.3 Å². The summed E-state index contributed by atoms with van der Waals surface area (Å²) in [5.74, 6) is 0. The summed E-state index contributed by atoms with van der Waals surface area (Å²) >= 11 is 13.0. The molecular formula is C10H6Br4Cl4CuN2-2. The van der Waals surface area contributed by atoms with Crippen molar-refractivity contribution in [2.75, 3.05) is 0 Å². The van der Waals surface area contributed by atoms with E-state index in [1.165, 1.54) is 0 Å². The third kappa shape index (κ3) is 18.1. The molecule has 0 N–H and O–H groups in total. The van der Waals surface area contributed by atoms with Crippen molar-refractivity contribution in [3.05, 3.63) is 54.8 Å². The molecule has 2 rings (SSSR count). The number of hydrogen-bond acceptors (Lipinski definition) is 2. The van der Waals surface area contributed by atoms with E-state index in [4.69, 9.17) is 40.4 Å². The van der Waals surface area contributed by atoms with E-state index in [1.807, 2.05) is 24.3 Å². The van der Waals surface area contributed by atoms with Gasteiger partial charge in [0.25, 0.3) is 0 Å². The molecule has 11 heteroatoms. The van der Waals surface area contributed by atoms with Crippen LogP contribution < -0.4 is 0 Å². The second kappa shape index (κ2) is 12.3. The van der Waals surface area contributed by atoms with Crippen molar-refractivity contribution in [2.45, 2.75) is 0 Å². The molecule has 0 fully saturated rings. The first kappa shape index (κ1) is 22.9. The normalized spacial score (nSPS) is 10.7. The number of nitrogens with zero attached hydrogens (tertiary/aromatic N) is 2. The molecule has 0 atom stereocenters. The third-order valence-electron chi connectivity index (χ3n) is 1.38. The topological polar surface area (TPSA) is 25.8 Å². The Hall–Kier alpha value is 1.90. The molecule has 0 spiro atoms. The molecule has 0 amide bonds. The Balaban J connectivity index is 0.000000296. The summed E-state index contributed by atoms with van der Waals surface area (Å²) in [6.45, 7) is 0. The van der Waals surface area contributed by atoms with Crippen LogP contribution in [-0.4, -0.2) is 9.97 Å². The quantitative estimate of drug-likeness (QED) is 0.209. The van der Waals surface area contributed by atoms with Crippen LogP contribution in [0.25, 0.3) is 0 Å². The number of rotatable bonds is 0. The predicted molar refractivity (Wildman–Crippen MR) is 103 cm³/mol. The number of aromatic nitrogens is 2. The SMILES string of the molecule is Brc1ccnc(Br)c1.Brc1ccnc(Br)c1.[Cl][Cu-2]([Cl])([Cl])[Cl]. The van der Waals surface area contributed by atoms with E-state index in [-0.39, 0.29) is 0 Å². The fraction of sp³-hybridized carbons (Fsp3) is 0. The zero-order valence-corrected chi connectivity index (χ0v) is 20.0. The first-order valence-corrected chi connectivity index (χ1v) is 12.9. The molecule has 0 aromatic carbocycles. The van der Waals surface area contributed by atoms with Gasteiger partial charge in [-0.2, -0.15) is 0 Å². The molecule has 2 aromatic heterocycles. The van der Waals surface area contributed by atoms with Crippen LogP contribution in [0.2, 0.25) is 0 Å². The van der Waals surface area contributed by atoms with Crippen LogP contribution in [0.15, 0.2) is 54.8 Å². The minimum absolute atomic E-state index is 0.854. The molecule has 0 saturated carbocycles. The fourth-order valence-corrected chi connectivity index (χ4v) is 2.77. The van der Waals surface area contributed by atoms with Gasteiger partial charge < -0.3 is 0 Å². The average molecular weight is 679 g/mol. The van der Waals surface area contributed by atoms with Crippen LogP contribution in [0.1, 0.15) is 0 Å². The maximum atomic E-state index is 4.90. The maximum absolute atomic E-state index is 4.90. The summed E-state index contributed by atoms with van der Waals surface area (Å²) in [6, 6.07) is 7.54. The van der Waals surface area contributed by atoms with Gasteiger partial charge in [0.1, 0.15) is 9.21 Å². The monoisotopic (exact) mass is 673 g/mol. The van der Waals surface area contributed by atoms with Gasteiger partial charge in [-0.25, -0.2) is 9.97 Å². The molecule has 0 aliphatic rings. The van der Waals surface area contributed by atoms with E-state index in [9.17, 15) is 0 Å². The van der Waals surface area contributed by atoms with Gasteiger partial charge in [0.05, 0.1) is 0 Å². The predicted octanol–water partition coefficient (Wildman–Crippen LogP) is 7.97. The van der Waals surface area contributed by atoms with Crippen LogP contribution in [0.3, 0.4) is 0 Å². The van der Waals surface area contributed by atoms with Crippen molar-refractivity contribution in [3.8, 4) is 0 Å². The fourth-order valence-electron chi connectivity index (χ4n) is 0.758. The van der Waals surface area contributed by atoms with E-state index < -0.39 is 9.20 Å². The Morgan fingerprint density at radius 2 is 1.00 bits per heavy atom. The second-order valence-electron chi connectivity index (χ2n) is 2.85. The molecule has 2 nitrogen and oxygen atoms in total. The molecule has 0 saturated heterocycles. The van der Waals surface area contributed by atoms with E-state index >= 15 is 0 Å². The van der Waals surface area contributed by atoms with Gasteiger partial charge in [-0.3, -0.25) is 0 Å². The van der Waals surface area contributed by atoms with Crippen molar-refractivity contribution in [3.63, 3.8) is 0 Å². The number of pyridine rings is 2. The molecule has 2 heterocycles. The van der Waals surface area contributed by atoms with E-state index in [2.05, 4.69) is 73.7 Å². The van der Waals surface area contributed by atoms with Crippen LogP contribution >= 0.6 is 104 Å². The van der Waals surface area contributed by atoms with Gasteiger partial charge in [0.15, 0.2) is 0 Å². The molecule has 21 heavy (non-hydrogen) atoms. The number of hydrogen-bond donors (Lipinski definition) is 0. The summed E-state index contributed by atoms with van der Waals surface area (Å²) < 4.78 is 3.79. The molecule has 0 radical (unpaired) electrons. The molecule has 2 aromatic rings. The van der Waals surface area contributed by atoms with Gasteiger partial charge in [-0.15, -0.1) is 0 Å². The second-order valence-corrected chi connectivity index (χ2v) is 15.6. The first-order chi connectivity index (χ1) is 9.58. The van der Waals surface area contributed by atoms with Crippen molar-refractivity contribution in [1.29, 1.82) is 0 Å². The van der Waals surface area contributed by atoms with Crippen LogP contribution in [0.5, 0.6) is 0 Å². The standard InChI is InChI=1S/2C5H3Br2N.4ClH.Cu/c2*6-4-1-2-8-5(7)3-4;;;;;/h2*1-3H;4*1H;/q;;;;;;+2/p-4. The summed E-state index contributed by atoms with van der Waals surface area (Å²) in [6.07, 6.45) is 3.46. The Labute approximate surface area is 176 Å². The van der Waals surface area contributed by atoms with E-state index in [0.717, 1.165) is 18.2 Å². The Kier molecular flexibility index (Phi) is 13.4. The summed E-state index contributed by atoms with van der Waals surface area (Å²) in [5.41, 5.74) is 0. The molecule has 0 bridgehead atoms. The van der Waals surface area contributed by atoms with Gasteiger partial charge in [0.2, 0.25) is 0 Å². The van der Waals surface area contributed by atoms with Crippen LogP contribution in [0, 0.1) is 0 Å². The first-order valence-electron chi connectivity index (χ1n) is 4.57. The van der Waals surface area contributed by atoms with Crippen molar-refractivity contribution in [1.82, 2.24) is 9.97 Å². The van der Waals surface area contributed by atoms with Crippen molar-refractivity contribution < 1.29 is 9.20 Å². The minimum atomic E-state index is -2.24. The van der Waals surface area contributed by atoms with E-state index in [0.29, 0.717) is 0 Å². The molecule has 0 aliphatic heterocycles. The third-order valence-corrected chi connectivity index (χ3v) is 3.23. The molecule has 0 unspecified atom stereocenters.